The second-order valence-electron chi connectivity index (χ2n) is 6.82. The number of methoxy groups -OCH3 is 1. The molecule has 9 heteroatoms. The van der Waals surface area contributed by atoms with E-state index in [0.29, 0.717) is 23.6 Å². The molecule has 4 rings (SSSR count). The van der Waals surface area contributed by atoms with Crippen LogP contribution < -0.4 is 0 Å². The van der Waals surface area contributed by atoms with E-state index in [1.54, 1.807) is 25.5 Å². The fraction of sp³-hybridized carbons (Fsp3) is 0.273. The van der Waals surface area contributed by atoms with Gasteiger partial charge in [-0.25, -0.2) is 9.78 Å². The summed E-state index contributed by atoms with van der Waals surface area (Å²) in [6.45, 7) is 1.99. The van der Waals surface area contributed by atoms with Gasteiger partial charge in [0, 0.05) is 27.2 Å². The highest BCUT2D eigenvalue weighted by molar-refractivity contribution is 7.15. The molecule has 0 aliphatic carbocycles. The third-order valence-corrected chi connectivity index (χ3v) is 6.46. The highest BCUT2D eigenvalue weighted by Gasteiger charge is 2.31. The monoisotopic (exact) mass is 457 g/mol. The number of hydrogen-bond donors (Lipinski definition) is 0. The zero-order valence-electron chi connectivity index (χ0n) is 17.0. The molecule has 0 N–H and O–H groups in total. The van der Waals surface area contributed by atoms with Crippen LogP contribution in [0.3, 0.4) is 0 Å². The van der Waals surface area contributed by atoms with Crippen molar-refractivity contribution < 1.29 is 19.1 Å². The average Bonchev–Trinajstić information content (AvgIpc) is 3.35. The molecule has 0 spiro atoms. The van der Waals surface area contributed by atoms with Gasteiger partial charge in [0.2, 0.25) is 0 Å². The van der Waals surface area contributed by atoms with Gasteiger partial charge in [-0.05, 0) is 25.5 Å². The van der Waals surface area contributed by atoms with Gasteiger partial charge < -0.3 is 9.47 Å². The number of nitrogens with zero attached hydrogens (tertiary/aromatic N) is 3. The summed E-state index contributed by atoms with van der Waals surface area (Å²) in [4.78, 5) is 34.3. The Kier molecular flexibility index (Phi) is 6.20. The molecule has 0 saturated heterocycles. The predicted octanol–water partition coefficient (Wildman–Crippen LogP) is 4.39. The van der Waals surface area contributed by atoms with Gasteiger partial charge >= 0.3 is 11.9 Å². The van der Waals surface area contributed by atoms with E-state index in [4.69, 9.17) is 26.1 Å². The number of halogens is 1. The summed E-state index contributed by atoms with van der Waals surface area (Å²) in [5.41, 5.74) is 2.46. The van der Waals surface area contributed by atoms with Gasteiger partial charge in [-0.3, -0.25) is 14.4 Å². The molecule has 1 aromatic carbocycles. The molecule has 1 unspecified atom stereocenters. The summed E-state index contributed by atoms with van der Waals surface area (Å²) in [5, 5.41) is 1.42. The number of carbonyl (C=O) groups is 2. The summed E-state index contributed by atoms with van der Waals surface area (Å²) in [6, 6.07) is 8.89. The van der Waals surface area contributed by atoms with Gasteiger partial charge in [0.05, 0.1) is 25.8 Å². The van der Waals surface area contributed by atoms with Gasteiger partial charge in [0.25, 0.3) is 0 Å². The molecule has 2 aromatic heterocycles. The van der Waals surface area contributed by atoms with Gasteiger partial charge in [0.1, 0.15) is 17.4 Å². The standard InChI is InChI=1S/C22H20ClN3O4S/c1-3-30-22(28)19-20-18(15-6-4-5-7-16(15)23)24-11-13-10-14(8-9-17(27)29-2)31-21(13)26(20)12-25-19/h4-7,10-12,18H,3,8-9H2,1-2H3. The Morgan fingerprint density at radius 1 is 1.29 bits per heavy atom. The van der Waals surface area contributed by atoms with Crippen molar-refractivity contribution >= 4 is 41.1 Å². The number of thiophene rings is 1. The number of carbonyl (C=O) groups excluding carboxylic acids is 2. The molecule has 31 heavy (non-hydrogen) atoms. The first-order valence-corrected chi connectivity index (χ1v) is 10.9. The van der Waals surface area contributed by atoms with Crippen molar-refractivity contribution in [3.63, 3.8) is 0 Å². The first-order valence-electron chi connectivity index (χ1n) is 9.75. The average molecular weight is 458 g/mol. The minimum Gasteiger partial charge on any atom is -0.469 e. The molecular formula is C22H20ClN3O4S. The lowest BCUT2D eigenvalue weighted by Crippen LogP contribution is -2.13. The SMILES string of the molecule is CCOC(=O)c1ncn2c1C(c1ccccc1Cl)N=Cc1cc(CCC(=O)OC)sc1-2. The number of hydrogen-bond acceptors (Lipinski definition) is 7. The Bertz CT molecular complexity index is 1170. The molecule has 0 saturated carbocycles. The van der Waals surface area contributed by atoms with Gasteiger partial charge in [0.15, 0.2) is 5.69 Å². The van der Waals surface area contributed by atoms with Crippen LogP contribution in [-0.2, 0) is 20.7 Å². The van der Waals surface area contributed by atoms with Crippen LogP contribution in [0.15, 0.2) is 41.7 Å². The summed E-state index contributed by atoms with van der Waals surface area (Å²) in [7, 11) is 1.38. The Balaban J connectivity index is 1.83. The van der Waals surface area contributed by atoms with Crippen molar-refractivity contribution in [1.29, 1.82) is 0 Å². The molecule has 1 aliphatic rings. The summed E-state index contributed by atoms with van der Waals surface area (Å²) in [5.74, 6) is -0.765. The van der Waals surface area contributed by atoms with Crippen LogP contribution in [0.4, 0.5) is 0 Å². The lowest BCUT2D eigenvalue weighted by Gasteiger charge is -2.16. The van der Waals surface area contributed by atoms with E-state index >= 15 is 0 Å². The van der Waals surface area contributed by atoms with Gasteiger partial charge in [-0.2, -0.15) is 0 Å². The van der Waals surface area contributed by atoms with Crippen molar-refractivity contribution in [2.24, 2.45) is 4.99 Å². The molecule has 0 fully saturated rings. The van der Waals surface area contributed by atoms with Crippen molar-refractivity contribution in [3.05, 3.63) is 69.1 Å². The summed E-state index contributed by atoms with van der Waals surface area (Å²) in [6.07, 6.45) is 4.24. The van der Waals surface area contributed by atoms with E-state index in [-0.39, 0.29) is 18.3 Å². The maximum Gasteiger partial charge on any atom is 0.358 e. The second kappa shape index (κ2) is 9.03. The zero-order chi connectivity index (χ0) is 22.0. The van der Waals surface area contributed by atoms with Crippen molar-refractivity contribution in [3.8, 4) is 5.00 Å². The molecule has 0 bridgehead atoms. The topological polar surface area (TPSA) is 82.8 Å². The molecule has 1 atom stereocenters. The largest absolute Gasteiger partial charge is 0.469 e. The van der Waals surface area contributed by atoms with Crippen LogP contribution in [0.25, 0.3) is 5.00 Å². The van der Waals surface area contributed by atoms with Gasteiger partial charge in [-0.1, -0.05) is 29.8 Å². The number of benzene rings is 1. The fourth-order valence-corrected chi connectivity index (χ4v) is 4.82. The molecule has 7 nitrogen and oxygen atoms in total. The number of aryl methyl sites for hydroxylation is 1. The van der Waals surface area contributed by atoms with Gasteiger partial charge in [-0.15, -0.1) is 11.3 Å². The third kappa shape index (κ3) is 4.13. The number of aromatic nitrogens is 2. The molecule has 160 valence electrons. The quantitative estimate of drug-likeness (QED) is 0.512. The van der Waals surface area contributed by atoms with E-state index < -0.39 is 12.0 Å². The maximum atomic E-state index is 12.6. The number of aliphatic imine (C=N–C) groups is 1. The van der Waals surface area contributed by atoms with E-state index in [1.165, 1.54) is 18.4 Å². The lowest BCUT2D eigenvalue weighted by molar-refractivity contribution is -0.140. The smallest absolute Gasteiger partial charge is 0.358 e. The van der Waals surface area contributed by atoms with E-state index in [0.717, 1.165) is 21.0 Å². The highest BCUT2D eigenvalue weighted by atomic mass is 35.5. The van der Waals surface area contributed by atoms with Crippen molar-refractivity contribution in [1.82, 2.24) is 9.55 Å². The van der Waals surface area contributed by atoms with Crippen LogP contribution in [0.2, 0.25) is 5.02 Å². The van der Waals surface area contributed by atoms with Crippen LogP contribution >= 0.6 is 22.9 Å². The maximum absolute atomic E-state index is 12.6. The first-order chi connectivity index (χ1) is 15.0. The molecular weight excluding hydrogens is 438 g/mol. The Morgan fingerprint density at radius 2 is 2.10 bits per heavy atom. The summed E-state index contributed by atoms with van der Waals surface area (Å²) >= 11 is 7.99. The minimum absolute atomic E-state index is 0.210. The van der Waals surface area contributed by atoms with Crippen LogP contribution in [-0.4, -0.2) is 41.4 Å². The molecule has 0 radical (unpaired) electrons. The molecule has 3 heterocycles. The predicted molar refractivity (Wildman–Crippen MR) is 119 cm³/mol. The number of fused-ring (bicyclic) bond motifs is 3. The van der Waals surface area contributed by atoms with Crippen molar-refractivity contribution in [2.75, 3.05) is 13.7 Å². The Morgan fingerprint density at radius 3 is 2.84 bits per heavy atom. The van der Waals surface area contributed by atoms with Crippen molar-refractivity contribution in [2.45, 2.75) is 25.8 Å². The molecule has 1 aliphatic heterocycles. The number of ether oxygens (including phenoxy) is 2. The summed E-state index contributed by atoms with van der Waals surface area (Å²) < 4.78 is 11.8. The fourth-order valence-electron chi connectivity index (χ4n) is 3.47. The normalized spacial score (nSPS) is 14.5. The first kappa shape index (κ1) is 21.3. The van der Waals surface area contributed by atoms with E-state index in [1.807, 2.05) is 28.8 Å². The van der Waals surface area contributed by atoms with E-state index in [9.17, 15) is 9.59 Å². The number of rotatable bonds is 6. The van der Waals surface area contributed by atoms with Crippen LogP contribution in [0.5, 0.6) is 0 Å². The second-order valence-corrected chi connectivity index (χ2v) is 8.34. The lowest BCUT2D eigenvalue weighted by atomic mass is 10.0. The highest BCUT2D eigenvalue weighted by Crippen LogP contribution is 2.39. The molecule has 0 amide bonds. The third-order valence-electron chi connectivity index (χ3n) is 4.91. The Hall–Kier alpha value is -2.97. The number of esters is 2. The minimum atomic E-state index is -0.520. The molecule has 3 aromatic rings. The zero-order valence-corrected chi connectivity index (χ0v) is 18.6. The Labute approximate surface area is 188 Å². The van der Waals surface area contributed by atoms with Crippen LogP contribution in [0.1, 0.15) is 51.6 Å². The van der Waals surface area contributed by atoms with Crippen LogP contribution in [0, 0.1) is 0 Å². The van der Waals surface area contributed by atoms with E-state index in [2.05, 4.69) is 4.98 Å². The number of imidazole rings is 1.